The number of methoxy groups -OCH3 is 1. The molecule has 3 aromatic rings. The van der Waals surface area contributed by atoms with E-state index in [2.05, 4.69) is 15.3 Å². The molecule has 3 rings (SSSR count). The number of pyridine rings is 2. The summed E-state index contributed by atoms with van der Waals surface area (Å²) in [6, 6.07) is 11.0. The number of benzene rings is 1. The van der Waals surface area contributed by atoms with Crippen LogP contribution >= 0.6 is 11.6 Å². The SMILES string of the molecule is COC(=O)c1cnc2nc(C)ccc2c1Nc1ccc(Cl)cc1. The zero-order valence-electron chi connectivity index (χ0n) is 12.6. The third kappa shape index (κ3) is 3.10. The highest BCUT2D eigenvalue weighted by atomic mass is 35.5. The Morgan fingerprint density at radius 3 is 2.61 bits per heavy atom. The molecule has 0 amide bonds. The van der Waals surface area contributed by atoms with E-state index < -0.39 is 5.97 Å². The molecule has 1 N–H and O–H groups in total. The summed E-state index contributed by atoms with van der Waals surface area (Å²) in [6.45, 7) is 1.89. The lowest BCUT2D eigenvalue weighted by Gasteiger charge is -2.13. The largest absolute Gasteiger partial charge is 0.465 e. The third-order valence-electron chi connectivity index (χ3n) is 3.39. The van der Waals surface area contributed by atoms with Gasteiger partial charge in [0, 0.05) is 28.0 Å². The minimum absolute atomic E-state index is 0.348. The highest BCUT2D eigenvalue weighted by Gasteiger charge is 2.17. The molecule has 0 aliphatic rings. The van der Waals surface area contributed by atoms with Crippen LogP contribution in [0.2, 0.25) is 5.02 Å². The number of rotatable bonds is 3. The fraction of sp³-hybridized carbons (Fsp3) is 0.118. The average molecular weight is 328 g/mol. The second-order valence-corrected chi connectivity index (χ2v) is 5.43. The maximum absolute atomic E-state index is 12.0. The van der Waals surface area contributed by atoms with Gasteiger partial charge in [-0.1, -0.05) is 11.6 Å². The lowest BCUT2D eigenvalue weighted by atomic mass is 10.1. The Morgan fingerprint density at radius 2 is 1.91 bits per heavy atom. The molecule has 0 spiro atoms. The fourth-order valence-corrected chi connectivity index (χ4v) is 2.37. The number of carbonyl (C=O) groups is 1. The first-order valence-electron chi connectivity index (χ1n) is 6.96. The van der Waals surface area contributed by atoms with E-state index in [1.54, 1.807) is 12.1 Å². The molecule has 116 valence electrons. The molecule has 0 aliphatic heterocycles. The number of esters is 1. The van der Waals surface area contributed by atoms with Crippen molar-refractivity contribution in [1.29, 1.82) is 0 Å². The first-order chi connectivity index (χ1) is 11.1. The molecule has 23 heavy (non-hydrogen) atoms. The van der Waals surface area contributed by atoms with Gasteiger partial charge in [-0.25, -0.2) is 14.8 Å². The summed E-state index contributed by atoms with van der Waals surface area (Å²) < 4.78 is 4.85. The highest BCUT2D eigenvalue weighted by molar-refractivity contribution is 6.30. The van der Waals surface area contributed by atoms with E-state index in [0.717, 1.165) is 16.8 Å². The van der Waals surface area contributed by atoms with Crippen molar-refractivity contribution < 1.29 is 9.53 Å². The number of fused-ring (bicyclic) bond motifs is 1. The van der Waals surface area contributed by atoms with Crippen molar-refractivity contribution in [3.63, 3.8) is 0 Å². The molecule has 5 nitrogen and oxygen atoms in total. The molecule has 0 saturated carbocycles. The smallest absolute Gasteiger partial charge is 0.341 e. The maximum Gasteiger partial charge on any atom is 0.341 e. The van der Waals surface area contributed by atoms with Gasteiger partial charge in [0.15, 0.2) is 5.65 Å². The zero-order valence-corrected chi connectivity index (χ0v) is 13.4. The Labute approximate surface area is 138 Å². The molecule has 0 aliphatic carbocycles. The molecule has 0 bridgehead atoms. The Kier molecular flexibility index (Phi) is 4.12. The maximum atomic E-state index is 12.0. The first kappa shape index (κ1) is 15.2. The number of carbonyl (C=O) groups excluding carboxylic acids is 1. The topological polar surface area (TPSA) is 64.1 Å². The summed E-state index contributed by atoms with van der Waals surface area (Å²) in [5.74, 6) is -0.462. The summed E-state index contributed by atoms with van der Waals surface area (Å²) in [7, 11) is 1.34. The number of nitrogens with zero attached hydrogens (tertiary/aromatic N) is 2. The van der Waals surface area contributed by atoms with E-state index in [4.69, 9.17) is 16.3 Å². The summed E-state index contributed by atoms with van der Waals surface area (Å²) >= 11 is 5.91. The van der Waals surface area contributed by atoms with Crippen LogP contribution in [0.4, 0.5) is 11.4 Å². The van der Waals surface area contributed by atoms with Crippen molar-refractivity contribution in [2.24, 2.45) is 0 Å². The molecule has 0 radical (unpaired) electrons. The van der Waals surface area contributed by atoms with Gasteiger partial charge >= 0.3 is 5.97 Å². The van der Waals surface area contributed by atoms with Crippen molar-refractivity contribution in [3.8, 4) is 0 Å². The quantitative estimate of drug-likeness (QED) is 0.733. The van der Waals surface area contributed by atoms with E-state index in [1.165, 1.54) is 13.3 Å². The van der Waals surface area contributed by atoms with E-state index in [1.807, 2.05) is 31.2 Å². The molecule has 0 unspecified atom stereocenters. The lowest BCUT2D eigenvalue weighted by Crippen LogP contribution is -2.07. The van der Waals surface area contributed by atoms with Crippen molar-refractivity contribution >= 4 is 40.0 Å². The lowest BCUT2D eigenvalue weighted by molar-refractivity contribution is 0.0601. The van der Waals surface area contributed by atoms with Gasteiger partial charge in [-0.2, -0.15) is 0 Å². The van der Waals surface area contributed by atoms with Gasteiger partial charge in [0.1, 0.15) is 5.56 Å². The summed E-state index contributed by atoms with van der Waals surface area (Å²) in [5, 5.41) is 4.62. The van der Waals surface area contributed by atoms with Gasteiger partial charge in [-0.3, -0.25) is 0 Å². The van der Waals surface area contributed by atoms with Crippen molar-refractivity contribution in [2.45, 2.75) is 6.92 Å². The van der Waals surface area contributed by atoms with Gasteiger partial charge in [-0.15, -0.1) is 0 Å². The van der Waals surface area contributed by atoms with Crippen LogP contribution in [0.5, 0.6) is 0 Å². The monoisotopic (exact) mass is 327 g/mol. The second-order valence-electron chi connectivity index (χ2n) is 4.99. The second kappa shape index (κ2) is 6.22. The molecular formula is C17H14ClN3O2. The van der Waals surface area contributed by atoms with E-state index in [9.17, 15) is 4.79 Å². The van der Waals surface area contributed by atoms with Crippen molar-refractivity contribution in [3.05, 3.63) is 58.9 Å². The normalized spacial score (nSPS) is 10.6. The van der Waals surface area contributed by atoms with Crippen molar-refractivity contribution in [2.75, 3.05) is 12.4 Å². The Hall–Kier alpha value is -2.66. The standard InChI is InChI=1S/C17H14ClN3O2/c1-10-3-8-13-15(21-12-6-4-11(18)5-7-12)14(17(22)23-2)9-19-16(13)20-10/h3-9H,1-2H3,(H,19,20,21). The van der Waals surface area contributed by atoms with Gasteiger partial charge in [-0.05, 0) is 43.3 Å². The number of hydrogen-bond acceptors (Lipinski definition) is 5. The van der Waals surface area contributed by atoms with E-state index >= 15 is 0 Å². The minimum atomic E-state index is -0.462. The van der Waals surface area contributed by atoms with Crippen LogP contribution in [0.15, 0.2) is 42.6 Å². The predicted octanol–water partition coefficient (Wildman–Crippen LogP) is 4.12. The van der Waals surface area contributed by atoms with Crippen LogP contribution in [0, 0.1) is 6.92 Å². The summed E-state index contributed by atoms with van der Waals surface area (Å²) in [4.78, 5) is 20.7. The van der Waals surface area contributed by atoms with Crippen LogP contribution in [-0.4, -0.2) is 23.0 Å². The Bertz CT molecular complexity index is 879. The molecule has 2 heterocycles. The number of aromatic nitrogens is 2. The highest BCUT2D eigenvalue weighted by Crippen LogP contribution is 2.29. The number of ether oxygens (including phenoxy) is 1. The van der Waals surface area contributed by atoms with Gasteiger partial charge in [0.05, 0.1) is 12.8 Å². The zero-order chi connectivity index (χ0) is 16.4. The van der Waals surface area contributed by atoms with Crippen LogP contribution in [0.3, 0.4) is 0 Å². The summed E-state index contributed by atoms with van der Waals surface area (Å²) in [5.41, 5.74) is 3.17. The van der Waals surface area contributed by atoms with Gasteiger partial charge in [0.25, 0.3) is 0 Å². The first-order valence-corrected chi connectivity index (χ1v) is 7.33. The van der Waals surface area contributed by atoms with Crippen molar-refractivity contribution in [1.82, 2.24) is 9.97 Å². The number of nitrogens with one attached hydrogen (secondary N) is 1. The minimum Gasteiger partial charge on any atom is -0.465 e. The molecule has 6 heteroatoms. The molecule has 1 aromatic carbocycles. The molecule has 0 saturated heterocycles. The predicted molar refractivity (Wildman–Crippen MR) is 90.3 cm³/mol. The third-order valence-corrected chi connectivity index (χ3v) is 3.64. The van der Waals surface area contributed by atoms with E-state index in [-0.39, 0.29) is 0 Å². The van der Waals surface area contributed by atoms with Crippen LogP contribution < -0.4 is 5.32 Å². The van der Waals surface area contributed by atoms with Crippen LogP contribution in [0.1, 0.15) is 16.1 Å². The molecule has 2 aromatic heterocycles. The van der Waals surface area contributed by atoms with Gasteiger partial charge < -0.3 is 10.1 Å². The average Bonchev–Trinajstić information content (AvgIpc) is 2.56. The number of halogens is 1. The Balaban J connectivity index is 2.17. The van der Waals surface area contributed by atoms with Crippen LogP contribution in [-0.2, 0) is 4.74 Å². The summed E-state index contributed by atoms with van der Waals surface area (Å²) in [6.07, 6.45) is 1.47. The molecular weight excluding hydrogens is 314 g/mol. The van der Waals surface area contributed by atoms with E-state index in [0.29, 0.717) is 21.9 Å². The van der Waals surface area contributed by atoms with Gasteiger partial charge in [0.2, 0.25) is 0 Å². The number of aryl methyl sites for hydroxylation is 1. The fourth-order valence-electron chi connectivity index (χ4n) is 2.25. The Morgan fingerprint density at radius 1 is 1.17 bits per heavy atom. The molecule has 0 atom stereocenters. The number of anilines is 2. The van der Waals surface area contributed by atoms with Crippen LogP contribution in [0.25, 0.3) is 11.0 Å². The number of hydrogen-bond donors (Lipinski definition) is 1. The molecule has 0 fully saturated rings.